The summed E-state index contributed by atoms with van der Waals surface area (Å²) in [6.45, 7) is 1.56. The minimum atomic E-state index is -4.77. The molecule has 0 aliphatic heterocycles. The monoisotopic (exact) mass is 365 g/mol. The van der Waals surface area contributed by atoms with Crippen molar-refractivity contribution >= 4 is 10.9 Å². The summed E-state index contributed by atoms with van der Waals surface area (Å²) in [6, 6.07) is 9.17. The largest absolute Gasteiger partial charge is 0.573 e. The first kappa shape index (κ1) is 17.7. The Morgan fingerprint density at radius 2 is 1.77 bits per heavy atom. The molecule has 2 N–H and O–H groups in total. The van der Waals surface area contributed by atoms with E-state index in [4.69, 9.17) is 0 Å². The fourth-order valence-electron chi connectivity index (χ4n) is 2.75. The maximum atomic E-state index is 12.7. The number of phenolic OH excluding ortho intramolecular Hbond substituents is 1. The summed E-state index contributed by atoms with van der Waals surface area (Å²) in [4.78, 5) is 12.7. The molecule has 0 aliphatic rings. The first-order chi connectivity index (χ1) is 12.2. The van der Waals surface area contributed by atoms with Crippen LogP contribution < -0.4 is 10.2 Å². The number of benzene rings is 2. The number of alkyl halides is 3. The van der Waals surface area contributed by atoms with Crippen LogP contribution in [0.25, 0.3) is 10.9 Å². The Balaban J connectivity index is 2.00. The highest BCUT2D eigenvalue weighted by molar-refractivity contribution is 5.81. The lowest BCUT2D eigenvalue weighted by Gasteiger charge is -2.13. The Bertz CT molecular complexity index is 1020. The molecule has 5 nitrogen and oxygen atoms in total. The molecule has 0 spiro atoms. The smallest absolute Gasteiger partial charge is 0.508 e. The summed E-state index contributed by atoms with van der Waals surface area (Å²) in [5.41, 5.74) is 1.04. The van der Waals surface area contributed by atoms with Gasteiger partial charge < -0.3 is 15.1 Å². The molecule has 1 heterocycles. The van der Waals surface area contributed by atoms with Crippen molar-refractivity contribution in [2.45, 2.75) is 19.7 Å². The van der Waals surface area contributed by atoms with Gasteiger partial charge in [-0.25, -0.2) is 0 Å². The van der Waals surface area contributed by atoms with Crippen molar-refractivity contribution in [1.82, 2.24) is 4.73 Å². The summed E-state index contributed by atoms with van der Waals surface area (Å²) in [5.74, 6) is -0.473. The highest BCUT2D eigenvalue weighted by Gasteiger charge is 2.31. The van der Waals surface area contributed by atoms with Crippen LogP contribution in [0.4, 0.5) is 13.2 Å². The third-order valence-electron chi connectivity index (χ3n) is 4.02. The predicted molar refractivity (Wildman–Crippen MR) is 87.7 cm³/mol. The number of ether oxygens (including phenoxy) is 1. The third-order valence-corrected chi connectivity index (χ3v) is 4.02. The molecule has 0 atom stereocenters. The lowest BCUT2D eigenvalue weighted by Crippen LogP contribution is -2.18. The second kappa shape index (κ2) is 6.29. The Morgan fingerprint density at radius 1 is 1.12 bits per heavy atom. The number of halogens is 3. The Hall–Kier alpha value is -3.16. The Morgan fingerprint density at radius 3 is 2.38 bits per heavy atom. The Labute approximate surface area is 145 Å². The molecule has 0 unspecified atom stereocenters. The number of phenols is 1. The average Bonchev–Trinajstić information content (AvgIpc) is 2.57. The van der Waals surface area contributed by atoms with Gasteiger partial charge in [0.1, 0.15) is 11.5 Å². The molecule has 3 rings (SSSR count). The second-order valence-corrected chi connectivity index (χ2v) is 5.77. The minimum absolute atomic E-state index is 0.100. The SMILES string of the molecule is Cc1c(Cc2ccc(OC(F)(F)F)cc2)c(=O)c2cc(O)ccc2n1O. The highest BCUT2D eigenvalue weighted by atomic mass is 19.4. The normalized spacial score (nSPS) is 11.7. The molecular weight excluding hydrogens is 351 g/mol. The van der Waals surface area contributed by atoms with Gasteiger partial charge in [0.05, 0.1) is 16.6 Å². The molecule has 0 radical (unpaired) electrons. The van der Waals surface area contributed by atoms with Gasteiger partial charge in [-0.2, -0.15) is 4.73 Å². The first-order valence-electron chi connectivity index (χ1n) is 7.57. The Kier molecular flexibility index (Phi) is 4.27. The van der Waals surface area contributed by atoms with E-state index in [9.17, 15) is 28.3 Å². The van der Waals surface area contributed by atoms with Gasteiger partial charge in [-0.3, -0.25) is 4.79 Å². The van der Waals surface area contributed by atoms with Crippen molar-refractivity contribution in [3.05, 3.63) is 69.5 Å². The lowest BCUT2D eigenvalue weighted by atomic mass is 10.0. The maximum Gasteiger partial charge on any atom is 0.573 e. The maximum absolute atomic E-state index is 12.7. The summed E-state index contributed by atoms with van der Waals surface area (Å²) < 4.78 is 41.3. The molecule has 0 bridgehead atoms. The second-order valence-electron chi connectivity index (χ2n) is 5.77. The molecule has 0 amide bonds. The van der Waals surface area contributed by atoms with Gasteiger partial charge in [-0.05, 0) is 42.8 Å². The van der Waals surface area contributed by atoms with Gasteiger partial charge in [-0.15, -0.1) is 13.2 Å². The van der Waals surface area contributed by atoms with Gasteiger partial charge in [0.15, 0.2) is 5.43 Å². The number of aromatic hydroxyl groups is 1. The summed E-state index contributed by atoms with van der Waals surface area (Å²) >= 11 is 0. The molecule has 0 saturated carbocycles. The van der Waals surface area contributed by atoms with Crippen LogP contribution in [0, 0.1) is 6.92 Å². The van der Waals surface area contributed by atoms with E-state index in [-0.39, 0.29) is 39.8 Å². The fraction of sp³-hybridized carbons (Fsp3) is 0.167. The fourth-order valence-corrected chi connectivity index (χ4v) is 2.75. The van der Waals surface area contributed by atoms with E-state index >= 15 is 0 Å². The van der Waals surface area contributed by atoms with Crippen molar-refractivity contribution in [2.75, 3.05) is 0 Å². The third kappa shape index (κ3) is 3.44. The van der Waals surface area contributed by atoms with Gasteiger partial charge in [0.2, 0.25) is 0 Å². The molecular formula is C18H14F3NO4. The van der Waals surface area contributed by atoms with Crippen molar-refractivity contribution < 1.29 is 28.2 Å². The number of hydrogen-bond donors (Lipinski definition) is 2. The van der Waals surface area contributed by atoms with E-state index in [1.54, 1.807) is 6.92 Å². The summed E-state index contributed by atoms with van der Waals surface area (Å²) in [7, 11) is 0. The van der Waals surface area contributed by atoms with E-state index in [2.05, 4.69) is 4.74 Å². The van der Waals surface area contributed by atoms with Gasteiger partial charge in [-0.1, -0.05) is 12.1 Å². The van der Waals surface area contributed by atoms with Crippen molar-refractivity contribution in [3.63, 3.8) is 0 Å². The van der Waals surface area contributed by atoms with Gasteiger partial charge in [0, 0.05) is 12.0 Å². The van der Waals surface area contributed by atoms with Crippen LogP contribution >= 0.6 is 0 Å². The molecule has 2 aromatic carbocycles. The molecule has 0 saturated heterocycles. The average molecular weight is 365 g/mol. The van der Waals surface area contributed by atoms with E-state index in [0.29, 0.717) is 11.3 Å². The van der Waals surface area contributed by atoms with Crippen LogP contribution in [0.15, 0.2) is 47.3 Å². The molecule has 8 heteroatoms. The van der Waals surface area contributed by atoms with E-state index in [0.717, 1.165) is 16.9 Å². The molecule has 136 valence electrons. The molecule has 26 heavy (non-hydrogen) atoms. The molecule has 0 aliphatic carbocycles. The highest BCUT2D eigenvalue weighted by Crippen LogP contribution is 2.24. The van der Waals surface area contributed by atoms with Gasteiger partial charge >= 0.3 is 6.36 Å². The number of nitrogens with zero attached hydrogens (tertiary/aromatic N) is 1. The van der Waals surface area contributed by atoms with Crippen LogP contribution in [-0.4, -0.2) is 21.4 Å². The van der Waals surface area contributed by atoms with Crippen LogP contribution in [0.1, 0.15) is 16.8 Å². The number of hydrogen-bond acceptors (Lipinski definition) is 4. The van der Waals surface area contributed by atoms with Crippen LogP contribution in [0.5, 0.6) is 11.5 Å². The number of rotatable bonds is 3. The minimum Gasteiger partial charge on any atom is -0.508 e. The molecule has 1 aromatic heterocycles. The lowest BCUT2D eigenvalue weighted by molar-refractivity contribution is -0.274. The van der Waals surface area contributed by atoms with E-state index < -0.39 is 6.36 Å². The zero-order valence-corrected chi connectivity index (χ0v) is 13.5. The van der Waals surface area contributed by atoms with Crippen molar-refractivity contribution in [3.8, 4) is 11.5 Å². The van der Waals surface area contributed by atoms with Crippen LogP contribution in [-0.2, 0) is 6.42 Å². The summed E-state index contributed by atoms with van der Waals surface area (Å²) in [6.07, 6.45) is -4.67. The topological polar surface area (TPSA) is 71.7 Å². The number of pyridine rings is 1. The first-order valence-corrected chi connectivity index (χ1v) is 7.57. The number of fused-ring (bicyclic) bond motifs is 1. The van der Waals surface area contributed by atoms with E-state index in [1.807, 2.05) is 0 Å². The molecule has 3 aromatic rings. The predicted octanol–water partition coefficient (Wildman–Crippen LogP) is 3.74. The zero-order chi connectivity index (χ0) is 19.1. The quantitative estimate of drug-likeness (QED) is 0.694. The standard InChI is InChI=1S/C18H14F3NO4/c1-10-14(8-11-2-5-13(6-3-11)26-18(19,20)21)17(24)15-9-12(23)4-7-16(15)22(10)25/h2-7,9,23,25H,8H2,1H3. The van der Waals surface area contributed by atoms with E-state index in [1.165, 1.54) is 30.3 Å². The van der Waals surface area contributed by atoms with Crippen molar-refractivity contribution in [2.24, 2.45) is 0 Å². The molecule has 0 fully saturated rings. The van der Waals surface area contributed by atoms with Crippen LogP contribution in [0.2, 0.25) is 0 Å². The van der Waals surface area contributed by atoms with Gasteiger partial charge in [0.25, 0.3) is 0 Å². The zero-order valence-electron chi connectivity index (χ0n) is 13.5. The van der Waals surface area contributed by atoms with Crippen molar-refractivity contribution in [1.29, 1.82) is 0 Å². The van der Waals surface area contributed by atoms with Crippen LogP contribution in [0.3, 0.4) is 0 Å². The summed E-state index contributed by atoms with van der Waals surface area (Å²) in [5, 5.41) is 20.0. The number of aromatic nitrogens is 1.